The molecule has 1 rings (SSSR count). The highest BCUT2D eigenvalue weighted by Crippen LogP contribution is 2.03. The van der Waals surface area contributed by atoms with Crippen molar-refractivity contribution in [2.45, 2.75) is 0 Å². The summed E-state index contributed by atoms with van der Waals surface area (Å²) in [6, 6.07) is 0. The summed E-state index contributed by atoms with van der Waals surface area (Å²) in [5, 5.41) is 0. The minimum absolute atomic E-state index is 0.675. The molecule has 0 aromatic carbocycles. The molecule has 0 bridgehead atoms. The fraction of sp³-hybridized carbons (Fsp3) is 0.667. The molecule has 0 N–H and O–H groups in total. The van der Waals surface area contributed by atoms with E-state index in [-0.39, 0.29) is 0 Å². The molecular formula is C6H11N2S4+. The summed E-state index contributed by atoms with van der Waals surface area (Å²) in [4.78, 5) is 2.07. The first-order chi connectivity index (χ1) is 5.61. The van der Waals surface area contributed by atoms with Gasteiger partial charge < -0.3 is 4.90 Å². The van der Waals surface area contributed by atoms with Crippen LogP contribution in [0.3, 0.4) is 0 Å². The molecule has 6 heteroatoms. The Labute approximate surface area is 94.2 Å². The van der Waals surface area contributed by atoms with Crippen molar-refractivity contribution < 1.29 is 4.58 Å². The number of thiol groups is 3. The van der Waals surface area contributed by atoms with Crippen molar-refractivity contribution in [3.63, 3.8) is 0 Å². The van der Waals surface area contributed by atoms with Crippen LogP contribution < -0.4 is 0 Å². The van der Waals surface area contributed by atoms with E-state index < -0.39 is 0 Å². The monoisotopic (exact) mass is 239 g/mol. The lowest BCUT2D eigenvalue weighted by molar-refractivity contribution is -0.532. The first kappa shape index (κ1) is 10.7. The van der Waals surface area contributed by atoms with Crippen LogP contribution in [-0.2, 0) is 0 Å². The van der Waals surface area contributed by atoms with Crippen molar-refractivity contribution in [3.8, 4) is 0 Å². The van der Waals surface area contributed by atoms with E-state index in [9.17, 15) is 0 Å². The second-order valence-electron chi connectivity index (χ2n) is 2.56. The molecule has 0 unspecified atom stereocenters. The fourth-order valence-corrected chi connectivity index (χ4v) is 1.88. The zero-order valence-corrected chi connectivity index (χ0v) is 9.97. The SMILES string of the molecule is S=C(S)N1CC[N+](=C(S)S)CC1. The van der Waals surface area contributed by atoms with Crippen molar-refractivity contribution >= 4 is 58.8 Å². The summed E-state index contributed by atoms with van der Waals surface area (Å²) in [5.41, 5.74) is 0. The largest absolute Gasteiger partial charge is 0.345 e. The molecule has 0 aliphatic carbocycles. The minimum Gasteiger partial charge on any atom is -0.345 e. The van der Waals surface area contributed by atoms with E-state index in [4.69, 9.17) is 12.2 Å². The van der Waals surface area contributed by atoms with E-state index in [1.165, 1.54) is 0 Å². The first-order valence-electron chi connectivity index (χ1n) is 3.59. The van der Waals surface area contributed by atoms with Gasteiger partial charge in [-0.3, -0.25) is 0 Å². The number of hydrogen-bond donors (Lipinski definition) is 3. The van der Waals surface area contributed by atoms with Crippen LogP contribution in [0.1, 0.15) is 0 Å². The van der Waals surface area contributed by atoms with E-state index in [1.54, 1.807) is 0 Å². The van der Waals surface area contributed by atoms with Gasteiger partial charge in [-0.25, -0.2) is 4.58 Å². The van der Waals surface area contributed by atoms with Gasteiger partial charge in [0, 0.05) is 0 Å². The normalized spacial score (nSPS) is 17.9. The summed E-state index contributed by atoms with van der Waals surface area (Å²) in [6.45, 7) is 3.66. The molecule has 0 radical (unpaired) electrons. The molecule has 2 nitrogen and oxygen atoms in total. The first-order valence-corrected chi connectivity index (χ1v) is 5.34. The zero-order valence-electron chi connectivity index (χ0n) is 6.47. The summed E-state index contributed by atoms with van der Waals surface area (Å²) >= 11 is 17.4. The smallest absolute Gasteiger partial charge is 0.263 e. The fourth-order valence-electron chi connectivity index (χ4n) is 1.10. The summed E-state index contributed by atoms with van der Waals surface area (Å²) in [5.74, 6) is 0. The zero-order chi connectivity index (χ0) is 9.14. The van der Waals surface area contributed by atoms with Crippen LogP contribution in [0.15, 0.2) is 0 Å². The van der Waals surface area contributed by atoms with Gasteiger partial charge in [0.05, 0.1) is 13.1 Å². The highest BCUT2D eigenvalue weighted by atomic mass is 32.2. The van der Waals surface area contributed by atoms with E-state index in [0.717, 1.165) is 30.6 Å². The van der Waals surface area contributed by atoms with Crippen LogP contribution in [0.2, 0.25) is 0 Å². The molecule has 1 fully saturated rings. The third-order valence-electron chi connectivity index (χ3n) is 1.83. The van der Waals surface area contributed by atoms with Gasteiger partial charge in [-0.15, -0.1) is 12.6 Å². The van der Waals surface area contributed by atoms with Crippen LogP contribution in [0.5, 0.6) is 0 Å². The lowest BCUT2D eigenvalue weighted by atomic mass is 10.4. The lowest BCUT2D eigenvalue weighted by Gasteiger charge is -2.25. The van der Waals surface area contributed by atoms with Gasteiger partial charge in [0.2, 0.25) is 0 Å². The molecule has 1 aliphatic heterocycles. The molecule has 12 heavy (non-hydrogen) atoms. The van der Waals surface area contributed by atoms with Gasteiger partial charge >= 0.3 is 0 Å². The minimum atomic E-state index is 0.675. The molecule has 0 aromatic heterocycles. The van der Waals surface area contributed by atoms with Gasteiger partial charge in [0.1, 0.15) is 4.32 Å². The molecule has 0 aromatic rings. The Kier molecular flexibility index (Phi) is 4.22. The van der Waals surface area contributed by atoms with Crippen molar-refractivity contribution in [1.82, 2.24) is 4.90 Å². The molecule has 0 atom stereocenters. The molecule has 1 heterocycles. The lowest BCUT2D eigenvalue weighted by Crippen LogP contribution is -2.43. The van der Waals surface area contributed by atoms with Crippen molar-refractivity contribution in [3.05, 3.63) is 0 Å². The Morgan fingerprint density at radius 1 is 1.17 bits per heavy atom. The third kappa shape index (κ3) is 2.83. The Morgan fingerprint density at radius 2 is 1.67 bits per heavy atom. The van der Waals surface area contributed by atoms with E-state index in [2.05, 4.69) is 47.4 Å². The summed E-state index contributed by atoms with van der Waals surface area (Å²) in [7, 11) is 0. The maximum absolute atomic E-state index is 4.95. The number of piperazine rings is 1. The van der Waals surface area contributed by atoms with Gasteiger partial charge in [-0.1, -0.05) is 37.5 Å². The topological polar surface area (TPSA) is 6.25 Å². The Balaban J connectivity index is 2.51. The second kappa shape index (κ2) is 4.74. The predicted molar refractivity (Wildman–Crippen MR) is 66.1 cm³/mol. The van der Waals surface area contributed by atoms with Crippen molar-refractivity contribution in [2.75, 3.05) is 26.2 Å². The maximum atomic E-state index is 4.95. The third-order valence-corrected chi connectivity index (χ3v) is 2.94. The predicted octanol–water partition coefficient (Wildman–Crippen LogP) is 0.745. The second-order valence-corrected chi connectivity index (χ2v) is 4.87. The van der Waals surface area contributed by atoms with Gasteiger partial charge in [-0.2, -0.15) is 0 Å². The molecule has 0 saturated carbocycles. The van der Waals surface area contributed by atoms with Gasteiger partial charge in [-0.05, 0) is 0 Å². The molecule has 0 amide bonds. The van der Waals surface area contributed by atoms with Crippen LogP contribution in [-0.4, -0.2) is 44.4 Å². The van der Waals surface area contributed by atoms with Crippen molar-refractivity contribution in [2.24, 2.45) is 0 Å². The molecule has 1 aliphatic rings. The van der Waals surface area contributed by atoms with Crippen LogP contribution in [0.4, 0.5) is 0 Å². The Hall–Kier alpha value is 0.610. The average Bonchev–Trinajstić information content (AvgIpc) is 2.04. The Morgan fingerprint density at radius 3 is 2.00 bits per heavy atom. The molecule has 0 spiro atoms. The Bertz CT molecular complexity index is 212. The van der Waals surface area contributed by atoms with E-state index in [1.807, 2.05) is 0 Å². The van der Waals surface area contributed by atoms with Gasteiger partial charge in [0.15, 0.2) is 13.1 Å². The van der Waals surface area contributed by atoms with Crippen LogP contribution >= 0.6 is 50.1 Å². The van der Waals surface area contributed by atoms with Crippen LogP contribution in [0, 0.1) is 0 Å². The highest BCUT2D eigenvalue weighted by Gasteiger charge is 2.20. The van der Waals surface area contributed by atoms with Gasteiger partial charge in [0.25, 0.3) is 4.38 Å². The maximum Gasteiger partial charge on any atom is 0.263 e. The van der Waals surface area contributed by atoms with Crippen molar-refractivity contribution in [1.29, 1.82) is 0 Å². The molecule has 1 saturated heterocycles. The number of thiocarbonyl (C=S) groups is 1. The highest BCUT2D eigenvalue weighted by molar-refractivity contribution is 8.23. The number of rotatable bonds is 0. The summed E-state index contributed by atoms with van der Waals surface area (Å²) < 4.78 is 3.56. The molecular weight excluding hydrogens is 228 g/mol. The standard InChI is InChI=1S/C6H10N2S4/c9-5(10)7-1-2-8(4-3-7)6(11)12/h1-4H2,(H2,9,10,11,12)/p+1. The van der Waals surface area contributed by atoms with E-state index in [0.29, 0.717) is 4.32 Å². The number of hydrogen-bond acceptors (Lipinski definition) is 1. The van der Waals surface area contributed by atoms with Crippen LogP contribution in [0.25, 0.3) is 0 Å². The average molecular weight is 239 g/mol. The molecule has 68 valence electrons. The number of nitrogens with zero attached hydrogens (tertiary/aromatic N) is 2. The quantitative estimate of drug-likeness (QED) is 0.248. The van der Waals surface area contributed by atoms with E-state index >= 15 is 0 Å². The summed E-state index contributed by atoms with van der Waals surface area (Å²) in [6.07, 6.45) is 0.